The molecule has 3 aliphatic rings. The van der Waals surface area contributed by atoms with Crippen LogP contribution in [0.2, 0.25) is 0 Å². The summed E-state index contributed by atoms with van der Waals surface area (Å²) in [4.78, 5) is 5.32. The van der Waals surface area contributed by atoms with E-state index in [1.54, 1.807) is 0 Å². The monoisotopic (exact) mass is 1260 g/mol. The lowest BCUT2D eigenvalue weighted by atomic mass is 9.33. The molecule has 0 radical (unpaired) electrons. The highest BCUT2D eigenvalue weighted by molar-refractivity contribution is 7.00. The van der Waals surface area contributed by atoms with Crippen molar-refractivity contribution in [2.45, 2.75) is 208 Å². The first-order valence-electron chi connectivity index (χ1n) is 35.6. The minimum absolute atomic E-state index is 0.0576. The summed E-state index contributed by atoms with van der Waals surface area (Å²) in [7, 11) is 0. The van der Waals surface area contributed by atoms with Crippen LogP contribution in [0.25, 0.3) is 60.9 Å². The lowest BCUT2D eigenvalue weighted by Crippen LogP contribution is -2.61. The van der Waals surface area contributed by atoms with Crippen LogP contribution < -0.4 is 26.2 Å². The number of para-hydroxylation sites is 2. The molecule has 0 atom stereocenters. The number of hydrogen-bond donors (Lipinski definition) is 0. The van der Waals surface area contributed by atoms with Crippen molar-refractivity contribution >= 4 is 79.0 Å². The SMILES string of the molecule is CC(C)(C)c1cc(-c2ccc3c(c2)B2c4cc(-c5cc(C(C)(C)C)cc(C(C)(C)C)c5)ccc4N(c4cc(C(C)(C)C)cc(C(C)(C)C)c4)c4cc(-n5c6ccccc6c6ccccc65)cc(c42)N3c2ccc(-c3ccc4c(c3)C(C)(C)CCC4(C)C)cc2)cc(C(C)(C)C)c1. The van der Waals surface area contributed by atoms with Crippen LogP contribution in [0.3, 0.4) is 0 Å². The molecule has 0 fully saturated rings. The van der Waals surface area contributed by atoms with Gasteiger partial charge in [-0.1, -0.05) is 286 Å². The van der Waals surface area contributed by atoms with Gasteiger partial charge in [0, 0.05) is 44.9 Å². The van der Waals surface area contributed by atoms with E-state index in [2.05, 4.69) is 361 Å². The second-order valence-corrected chi connectivity index (χ2v) is 36.4. The van der Waals surface area contributed by atoms with Gasteiger partial charge in [-0.25, -0.2) is 0 Å². The van der Waals surface area contributed by atoms with Gasteiger partial charge in [0.1, 0.15) is 0 Å². The molecule has 96 heavy (non-hydrogen) atoms. The molecule has 0 bridgehead atoms. The summed E-state index contributed by atoms with van der Waals surface area (Å²) in [5, 5.41) is 2.49. The summed E-state index contributed by atoms with van der Waals surface area (Å²) in [5.41, 5.74) is 32.7. The molecule has 0 spiro atoms. The van der Waals surface area contributed by atoms with E-state index in [0.717, 1.165) is 11.4 Å². The molecule has 3 heterocycles. The number of hydrogen-bond acceptors (Lipinski definition) is 2. The molecule has 10 aromatic carbocycles. The average molecular weight is 1260 g/mol. The van der Waals surface area contributed by atoms with Crippen molar-refractivity contribution in [2.75, 3.05) is 9.80 Å². The molecular weight excluding hydrogens is 1160 g/mol. The number of nitrogens with zero attached hydrogens (tertiary/aromatic N) is 3. The van der Waals surface area contributed by atoms with Crippen molar-refractivity contribution in [2.24, 2.45) is 0 Å². The van der Waals surface area contributed by atoms with E-state index in [-0.39, 0.29) is 50.0 Å². The molecule has 4 heteroatoms. The van der Waals surface area contributed by atoms with E-state index < -0.39 is 0 Å². The van der Waals surface area contributed by atoms with Crippen molar-refractivity contribution in [3.05, 3.63) is 239 Å². The molecule has 0 saturated heterocycles. The van der Waals surface area contributed by atoms with Crippen LogP contribution in [0.5, 0.6) is 0 Å². The zero-order chi connectivity index (χ0) is 68.5. The minimum atomic E-state index is -0.171. The molecular formula is C92H102BN3. The molecule has 3 nitrogen and oxygen atoms in total. The normalized spacial score (nSPS) is 15.4. The summed E-state index contributed by atoms with van der Waals surface area (Å²) in [6.45, 7) is 52.1. The predicted molar refractivity (Wildman–Crippen MR) is 419 cm³/mol. The molecule has 0 N–H and O–H groups in total. The zero-order valence-corrected chi connectivity index (χ0v) is 61.8. The van der Waals surface area contributed by atoms with Crippen molar-refractivity contribution < 1.29 is 0 Å². The third-order valence-electron chi connectivity index (χ3n) is 22.1. The molecule has 1 aliphatic carbocycles. The van der Waals surface area contributed by atoms with Gasteiger partial charge in [-0.2, -0.15) is 0 Å². The van der Waals surface area contributed by atoms with E-state index in [4.69, 9.17) is 0 Å². The highest BCUT2D eigenvalue weighted by atomic mass is 15.2. The molecule has 14 rings (SSSR count). The standard InChI is InChI=1S/C92H102BN3/c1-85(2,3)63-43-61(44-64(50-63)86(4,5)6)59-34-39-80-76(48-59)93-77-49-60(62-45-65(87(7,8)9)51-66(46-62)88(10,11)12)35-40-81(77)96(70-53-67(89(13,14)15)52-68(54-70)90(16,17)18)83-56-71(95-78-29-25-23-27-72(78)73-28-24-26-30-79(73)95)55-82(84(83)93)94(80)69-36-31-57(32-37-69)58-33-38-74-75(47-58)92(21,22)42-41-91(74,19)20/h23-40,43-56H,41-42H2,1-22H3. The van der Waals surface area contributed by atoms with E-state index in [1.165, 1.54) is 157 Å². The van der Waals surface area contributed by atoms with Crippen molar-refractivity contribution in [1.82, 2.24) is 4.57 Å². The Morgan fingerprint density at radius 3 is 1.06 bits per heavy atom. The van der Waals surface area contributed by atoms with Crippen LogP contribution in [0.1, 0.15) is 210 Å². The maximum atomic E-state index is 2.68. The maximum Gasteiger partial charge on any atom is 0.252 e. The molecule has 0 unspecified atom stereocenters. The average Bonchev–Trinajstić information content (AvgIpc) is 0.824. The predicted octanol–water partition coefficient (Wildman–Crippen LogP) is 24.0. The Bertz CT molecular complexity index is 4790. The topological polar surface area (TPSA) is 11.4 Å². The van der Waals surface area contributed by atoms with E-state index >= 15 is 0 Å². The largest absolute Gasteiger partial charge is 0.311 e. The molecule has 1 aromatic heterocycles. The van der Waals surface area contributed by atoms with Crippen LogP contribution >= 0.6 is 0 Å². The second-order valence-electron chi connectivity index (χ2n) is 36.4. The van der Waals surface area contributed by atoms with Gasteiger partial charge in [0.2, 0.25) is 0 Å². The fourth-order valence-corrected chi connectivity index (χ4v) is 15.7. The summed E-state index contributed by atoms with van der Waals surface area (Å²) in [5.74, 6) is 0. The number of anilines is 6. The number of benzene rings is 10. The van der Waals surface area contributed by atoms with Gasteiger partial charge in [-0.15, -0.1) is 0 Å². The highest BCUT2D eigenvalue weighted by Crippen LogP contribution is 2.51. The lowest BCUT2D eigenvalue weighted by molar-refractivity contribution is 0.332. The van der Waals surface area contributed by atoms with Gasteiger partial charge < -0.3 is 14.4 Å². The Balaban J connectivity index is 1.12. The van der Waals surface area contributed by atoms with Crippen LogP contribution in [0.15, 0.2) is 194 Å². The Kier molecular flexibility index (Phi) is 15.0. The van der Waals surface area contributed by atoms with Gasteiger partial charge in [0.15, 0.2) is 0 Å². The van der Waals surface area contributed by atoms with Crippen molar-refractivity contribution in [3.63, 3.8) is 0 Å². The smallest absolute Gasteiger partial charge is 0.252 e. The third-order valence-corrected chi connectivity index (χ3v) is 22.1. The first kappa shape index (κ1) is 65.0. The fraction of sp³-hybridized carbons (Fsp3) is 0.348. The second kappa shape index (κ2) is 22.1. The van der Waals surface area contributed by atoms with E-state index in [1.807, 2.05) is 0 Å². The zero-order valence-electron chi connectivity index (χ0n) is 61.8. The highest BCUT2D eigenvalue weighted by Gasteiger charge is 2.45. The van der Waals surface area contributed by atoms with E-state index in [9.17, 15) is 0 Å². The van der Waals surface area contributed by atoms with Crippen LogP contribution in [0.4, 0.5) is 34.1 Å². The summed E-state index contributed by atoms with van der Waals surface area (Å²) in [6, 6.07) is 77.5. The molecule has 2 aliphatic heterocycles. The molecule has 11 aromatic rings. The Hall–Kier alpha value is -8.34. The van der Waals surface area contributed by atoms with Crippen LogP contribution in [-0.4, -0.2) is 11.3 Å². The number of aromatic nitrogens is 1. The molecule has 488 valence electrons. The van der Waals surface area contributed by atoms with Gasteiger partial charge in [-0.05, 0) is 211 Å². The van der Waals surface area contributed by atoms with Crippen LogP contribution in [-0.2, 0) is 43.3 Å². The lowest BCUT2D eigenvalue weighted by Gasteiger charge is -2.45. The van der Waals surface area contributed by atoms with Crippen molar-refractivity contribution in [1.29, 1.82) is 0 Å². The quantitative estimate of drug-likeness (QED) is 0.154. The van der Waals surface area contributed by atoms with Crippen LogP contribution in [0, 0.1) is 0 Å². The van der Waals surface area contributed by atoms with Crippen molar-refractivity contribution in [3.8, 4) is 39.1 Å². The third kappa shape index (κ3) is 11.2. The number of rotatable bonds is 6. The summed E-state index contributed by atoms with van der Waals surface area (Å²) in [6.07, 6.45) is 2.37. The van der Waals surface area contributed by atoms with E-state index in [0.29, 0.717) is 0 Å². The first-order valence-corrected chi connectivity index (χ1v) is 35.6. The van der Waals surface area contributed by atoms with Gasteiger partial charge in [0.05, 0.1) is 16.7 Å². The maximum absolute atomic E-state index is 2.68. The molecule has 0 amide bonds. The first-order chi connectivity index (χ1) is 44.8. The Labute approximate surface area is 576 Å². The molecule has 0 saturated carbocycles. The summed E-state index contributed by atoms with van der Waals surface area (Å²) >= 11 is 0. The van der Waals surface area contributed by atoms with Gasteiger partial charge >= 0.3 is 0 Å². The number of fused-ring (bicyclic) bond motifs is 8. The minimum Gasteiger partial charge on any atom is -0.311 e. The Morgan fingerprint density at radius 1 is 0.292 bits per heavy atom. The fourth-order valence-electron chi connectivity index (χ4n) is 15.7. The Morgan fingerprint density at radius 2 is 0.646 bits per heavy atom. The van der Waals surface area contributed by atoms with Gasteiger partial charge in [-0.3, -0.25) is 0 Å². The van der Waals surface area contributed by atoms with Gasteiger partial charge in [0.25, 0.3) is 6.71 Å². The summed E-state index contributed by atoms with van der Waals surface area (Å²) < 4.78 is 2.54.